The molecule has 2 aromatic rings. The summed E-state index contributed by atoms with van der Waals surface area (Å²) in [6, 6.07) is 7.88. The summed E-state index contributed by atoms with van der Waals surface area (Å²) in [6.45, 7) is 4.09. The number of aromatic amines is 1. The smallest absolute Gasteiger partial charge is 0.175 e. The number of nitrogens with one attached hydrogen (secondary N) is 1. The van der Waals surface area contributed by atoms with Crippen molar-refractivity contribution in [2.75, 3.05) is 18.1 Å². The number of hydrogen-bond acceptors (Lipinski definition) is 3. The Bertz CT molecular complexity index is 577. The number of aryl methyl sites for hydroxylation is 1. The van der Waals surface area contributed by atoms with Crippen LogP contribution in [0.1, 0.15) is 23.0 Å². The number of Topliss-reactive ketones (excluding diaryl/α,β-unsaturated/α-hetero) is 1. The molecule has 0 radical (unpaired) electrons. The van der Waals surface area contributed by atoms with Crippen molar-refractivity contribution >= 4 is 28.4 Å². The van der Waals surface area contributed by atoms with E-state index in [0.29, 0.717) is 5.75 Å². The predicted octanol–water partition coefficient (Wildman–Crippen LogP) is 3.02. The first-order valence-corrected chi connectivity index (χ1v) is 7.58. The number of hydrogen-bond donors (Lipinski definition) is 2. The van der Waals surface area contributed by atoms with E-state index in [9.17, 15) is 4.79 Å². The Balaban J connectivity index is 2.11. The van der Waals surface area contributed by atoms with Gasteiger partial charge in [-0.15, -0.1) is 0 Å². The Morgan fingerprint density at radius 3 is 2.89 bits per heavy atom. The second-order valence-electron chi connectivity index (χ2n) is 4.90. The van der Waals surface area contributed by atoms with Crippen LogP contribution in [-0.4, -0.2) is 34.0 Å². The van der Waals surface area contributed by atoms with E-state index in [2.05, 4.69) is 4.98 Å². The lowest BCUT2D eigenvalue weighted by atomic mass is 10.1. The molecule has 1 aromatic carbocycles. The first-order chi connectivity index (χ1) is 9.13. The number of carbonyl (C=O) groups excluding carboxylic acids is 1. The number of aliphatic hydroxyl groups is 1. The molecule has 1 unspecified atom stereocenters. The van der Waals surface area contributed by atoms with Crippen LogP contribution < -0.4 is 0 Å². The van der Waals surface area contributed by atoms with Gasteiger partial charge in [0.1, 0.15) is 0 Å². The van der Waals surface area contributed by atoms with Crippen LogP contribution in [0.3, 0.4) is 0 Å². The molecule has 0 aliphatic rings. The number of para-hydroxylation sites is 1. The first-order valence-electron chi connectivity index (χ1n) is 6.42. The largest absolute Gasteiger partial charge is 0.396 e. The fraction of sp³-hybridized carbons (Fsp3) is 0.400. The number of rotatable bonds is 6. The molecule has 0 saturated heterocycles. The molecule has 1 heterocycles. The summed E-state index contributed by atoms with van der Waals surface area (Å²) < 4.78 is 0. The van der Waals surface area contributed by atoms with Gasteiger partial charge in [0.25, 0.3) is 0 Å². The van der Waals surface area contributed by atoms with E-state index in [0.717, 1.165) is 27.9 Å². The van der Waals surface area contributed by atoms with Crippen molar-refractivity contribution < 1.29 is 9.90 Å². The van der Waals surface area contributed by atoms with E-state index >= 15 is 0 Å². The molecule has 102 valence electrons. The zero-order valence-electron chi connectivity index (χ0n) is 11.3. The molecule has 0 aliphatic carbocycles. The lowest BCUT2D eigenvalue weighted by Crippen LogP contribution is -2.08. The van der Waals surface area contributed by atoms with Crippen LogP contribution in [0.4, 0.5) is 0 Å². The fourth-order valence-electron chi connectivity index (χ4n) is 2.11. The number of aliphatic hydroxyl groups excluding tert-OH is 1. The lowest BCUT2D eigenvalue weighted by Gasteiger charge is -2.06. The molecule has 1 atom stereocenters. The Kier molecular flexibility index (Phi) is 4.66. The minimum atomic E-state index is 0.157. The first kappa shape index (κ1) is 14.2. The molecule has 2 N–H and O–H groups in total. The van der Waals surface area contributed by atoms with Crippen molar-refractivity contribution in [1.29, 1.82) is 0 Å². The van der Waals surface area contributed by atoms with Crippen molar-refractivity contribution in [3.63, 3.8) is 0 Å². The molecule has 19 heavy (non-hydrogen) atoms. The number of thioether (sulfide) groups is 1. The monoisotopic (exact) mass is 277 g/mol. The van der Waals surface area contributed by atoms with Gasteiger partial charge >= 0.3 is 0 Å². The van der Waals surface area contributed by atoms with Crippen LogP contribution in [0.2, 0.25) is 0 Å². The normalized spacial score (nSPS) is 12.8. The van der Waals surface area contributed by atoms with Crippen molar-refractivity contribution in [2.45, 2.75) is 13.8 Å². The van der Waals surface area contributed by atoms with Crippen LogP contribution in [-0.2, 0) is 0 Å². The molecule has 0 fully saturated rings. The highest BCUT2D eigenvalue weighted by Gasteiger charge is 2.15. The van der Waals surface area contributed by atoms with Crippen molar-refractivity contribution in [1.82, 2.24) is 4.98 Å². The van der Waals surface area contributed by atoms with Gasteiger partial charge in [-0.2, -0.15) is 11.8 Å². The van der Waals surface area contributed by atoms with Gasteiger partial charge in [-0.3, -0.25) is 4.79 Å². The lowest BCUT2D eigenvalue weighted by molar-refractivity contribution is 0.102. The minimum Gasteiger partial charge on any atom is -0.396 e. The molecule has 0 amide bonds. The standard InChI is InChI=1S/C15H19NO2S/c1-10(7-17)8-19-9-14(18)15-11(2)16-13-6-4-3-5-12(13)15/h3-6,10,16-17H,7-9H2,1-2H3. The third-order valence-corrected chi connectivity index (χ3v) is 4.39. The summed E-state index contributed by atoms with van der Waals surface area (Å²) in [6.07, 6.45) is 0. The van der Waals surface area contributed by atoms with Gasteiger partial charge in [0.2, 0.25) is 0 Å². The number of benzene rings is 1. The molecule has 0 saturated carbocycles. The highest BCUT2D eigenvalue weighted by molar-refractivity contribution is 7.99. The van der Waals surface area contributed by atoms with Crippen LogP contribution in [0, 0.1) is 12.8 Å². The minimum absolute atomic E-state index is 0.157. The maximum Gasteiger partial charge on any atom is 0.175 e. The predicted molar refractivity (Wildman–Crippen MR) is 80.9 cm³/mol. The Hall–Kier alpha value is -1.26. The zero-order chi connectivity index (χ0) is 13.8. The molecule has 0 spiro atoms. The van der Waals surface area contributed by atoms with E-state index in [1.807, 2.05) is 38.1 Å². The number of carbonyl (C=O) groups is 1. The van der Waals surface area contributed by atoms with E-state index in [-0.39, 0.29) is 18.3 Å². The maximum atomic E-state index is 12.3. The Morgan fingerprint density at radius 1 is 1.42 bits per heavy atom. The van der Waals surface area contributed by atoms with Crippen LogP contribution in [0.5, 0.6) is 0 Å². The Labute approximate surface area is 117 Å². The van der Waals surface area contributed by atoms with Crippen molar-refractivity contribution in [2.24, 2.45) is 5.92 Å². The molecule has 2 rings (SSSR count). The van der Waals surface area contributed by atoms with Crippen molar-refractivity contribution in [3.05, 3.63) is 35.5 Å². The second kappa shape index (κ2) is 6.26. The maximum absolute atomic E-state index is 12.3. The third kappa shape index (κ3) is 3.19. The van der Waals surface area contributed by atoms with E-state index in [1.165, 1.54) is 0 Å². The van der Waals surface area contributed by atoms with Crippen molar-refractivity contribution in [3.8, 4) is 0 Å². The second-order valence-corrected chi connectivity index (χ2v) is 5.93. The zero-order valence-corrected chi connectivity index (χ0v) is 12.1. The van der Waals surface area contributed by atoms with Gasteiger partial charge in [-0.1, -0.05) is 25.1 Å². The highest BCUT2D eigenvalue weighted by atomic mass is 32.2. The summed E-state index contributed by atoms with van der Waals surface area (Å²) in [4.78, 5) is 15.6. The SMILES string of the molecule is Cc1[nH]c2ccccc2c1C(=O)CSCC(C)CO. The van der Waals surface area contributed by atoms with E-state index in [1.54, 1.807) is 11.8 Å². The van der Waals surface area contributed by atoms with Gasteiger partial charge in [-0.05, 0) is 24.7 Å². The fourth-order valence-corrected chi connectivity index (χ4v) is 3.07. The summed E-state index contributed by atoms with van der Waals surface area (Å²) in [7, 11) is 0. The molecule has 3 nitrogen and oxygen atoms in total. The summed E-state index contributed by atoms with van der Waals surface area (Å²) in [5.41, 5.74) is 2.75. The third-order valence-electron chi connectivity index (χ3n) is 3.12. The van der Waals surface area contributed by atoms with Gasteiger partial charge in [0, 0.05) is 28.8 Å². The average Bonchev–Trinajstić information content (AvgIpc) is 2.74. The molecule has 0 aliphatic heterocycles. The molecule has 4 heteroatoms. The van der Waals surface area contributed by atoms with Crippen LogP contribution in [0.25, 0.3) is 10.9 Å². The quantitative estimate of drug-likeness (QED) is 0.798. The van der Waals surface area contributed by atoms with Crippen LogP contribution in [0.15, 0.2) is 24.3 Å². The number of H-pyrrole nitrogens is 1. The van der Waals surface area contributed by atoms with Gasteiger partial charge in [-0.25, -0.2) is 0 Å². The number of fused-ring (bicyclic) bond motifs is 1. The Morgan fingerprint density at radius 2 is 2.16 bits per heavy atom. The molecular formula is C15H19NO2S. The molecular weight excluding hydrogens is 258 g/mol. The van der Waals surface area contributed by atoms with Gasteiger partial charge in [0.15, 0.2) is 5.78 Å². The summed E-state index contributed by atoms with van der Waals surface area (Å²) in [5.74, 6) is 1.67. The summed E-state index contributed by atoms with van der Waals surface area (Å²) in [5, 5.41) is 9.97. The average molecular weight is 277 g/mol. The van der Waals surface area contributed by atoms with E-state index in [4.69, 9.17) is 5.11 Å². The summed E-state index contributed by atoms with van der Waals surface area (Å²) >= 11 is 1.59. The topological polar surface area (TPSA) is 53.1 Å². The van der Waals surface area contributed by atoms with Gasteiger partial charge < -0.3 is 10.1 Å². The number of aromatic nitrogens is 1. The van der Waals surface area contributed by atoms with Crippen LogP contribution >= 0.6 is 11.8 Å². The molecule has 1 aromatic heterocycles. The number of ketones is 1. The molecule has 0 bridgehead atoms. The van der Waals surface area contributed by atoms with E-state index < -0.39 is 0 Å². The highest BCUT2D eigenvalue weighted by Crippen LogP contribution is 2.23. The van der Waals surface area contributed by atoms with Gasteiger partial charge in [0.05, 0.1) is 5.75 Å².